The number of halogens is 1. The van der Waals surface area contributed by atoms with Crippen molar-refractivity contribution in [3.05, 3.63) is 69.4 Å². The quantitative estimate of drug-likeness (QED) is 0.317. The van der Waals surface area contributed by atoms with E-state index in [4.69, 9.17) is 16.6 Å². The number of rotatable bonds is 6. The van der Waals surface area contributed by atoms with Crippen LogP contribution in [-0.4, -0.2) is 81.5 Å². The van der Waals surface area contributed by atoms with Gasteiger partial charge in [-0.25, -0.2) is 4.98 Å². The van der Waals surface area contributed by atoms with E-state index in [2.05, 4.69) is 57.3 Å². The monoisotopic (exact) mass is 614 g/mol. The minimum Gasteiger partial charge on any atom is -0.369 e. The smallest absolute Gasteiger partial charge is 0.260 e. The van der Waals surface area contributed by atoms with Gasteiger partial charge in [0.1, 0.15) is 5.65 Å². The summed E-state index contributed by atoms with van der Waals surface area (Å²) in [5, 5.41) is 4.54. The first-order valence-electron chi connectivity index (χ1n) is 15.4. The van der Waals surface area contributed by atoms with Crippen LogP contribution in [0.2, 0.25) is 5.02 Å². The number of hydrogen-bond donors (Lipinski definition) is 1. The van der Waals surface area contributed by atoms with Gasteiger partial charge in [0, 0.05) is 86.6 Å². The van der Waals surface area contributed by atoms with E-state index in [1.165, 1.54) is 11.3 Å². The molecule has 0 bridgehead atoms. The molecule has 0 spiro atoms. The van der Waals surface area contributed by atoms with Crippen molar-refractivity contribution in [2.75, 3.05) is 56.5 Å². The van der Waals surface area contributed by atoms with E-state index in [1.807, 2.05) is 18.7 Å². The lowest BCUT2D eigenvalue weighted by atomic mass is 9.98. The largest absolute Gasteiger partial charge is 0.369 e. The van der Waals surface area contributed by atoms with Gasteiger partial charge in [0.25, 0.3) is 5.56 Å². The summed E-state index contributed by atoms with van der Waals surface area (Å²) in [4.78, 5) is 47.5. The van der Waals surface area contributed by atoms with Crippen molar-refractivity contribution in [2.24, 2.45) is 0 Å². The van der Waals surface area contributed by atoms with Crippen LogP contribution < -0.4 is 15.8 Å². The van der Waals surface area contributed by atoms with E-state index in [-0.39, 0.29) is 17.5 Å². The number of anilines is 3. The van der Waals surface area contributed by atoms with Crippen LogP contribution in [0.1, 0.15) is 43.4 Å². The average molecular weight is 615 g/mol. The number of nitrogens with one attached hydrogen (secondary N) is 1. The van der Waals surface area contributed by atoms with Gasteiger partial charge in [0.15, 0.2) is 0 Å². The molecule has 2 saturated heterocycles. The lowest BCUT2D eigenvalue weighted by molar-refractivity contribution is -0.132. The third kappa shape index (κ3) is 5.76. The first-order chi connectivity index (χ1) is 21.2. The van der Waals surface area contributed by atoms with Gasteiger partial charge >= 0.3 is 0 Å². The molecular formula is C33H39ClN8O2. The molecule has 230 valence electrons. The molecule has 1 aromatic carbocycles. The number of piperidine rings is 1. The molecular weight excluding hydrogens is 576 g/mol. The lowest BCUT2D eigenvalue weighted by Gasteiger charge is -2.35. The molecule has 0 aliphatic carbocycles. The molecule has 2 fully saturated rings. The summed E-state index contributed by atoms with van der Waals surface area (Å²) in [7, 11) is 2.16. The van der Waals surface area contributed by atoms with E-state index >= 15 is 0 Å². The molecule has 1 unspecified atom stereocenters. The highest BCUT2D eigenvalue weighted by Crippen LogP contribution is 2.34. The van der Waals surface area contributed by atoms with Crippen LogP contribution in [0.15, 0.2) is 47.7 Å². The van der Waals surface area contributed by atoms with Gasteiger partial charge in [-0.05, 0) is 69.1 Å². The van der Waals surface area contributed by atoms with Crippen molar-refractivity contribution in [2.45, 2.75) is 46.1 Å². The average Bonchev–Trinajstić information content (AvgIpc) is 3.02. The highest BCUT2D eigenvalue weighted by atomic mass is 35.5. The minimum atomic E-state index is -0.234. The van der Waals surface area contributed by atoms with Gasteiger partial charge in [0.2, 0.25) is 11.9 Å². The fourth-order valence-corrected chi connectivity index (χ4v) is 6.72. The molecule has 2 aliphatic heterocycles. The third-order valence-electron chi connectivity index (χ3n) is 8.96. The van der Waals surface area contributed by atoms with Gasteiger partial charge in [0.05, 0.1) is 16.6 Å². The Bertz CT molecular complexity index is 1770. The van der Waals surface area contributed by atoms with E-state index in [0.717, 1.165) is 55.7 Å². The molecule has 0 saturated carbocycles. The zero-order valence-corrected chi connectivity index (χ0v) is 26.6. The first kappa shape index (κ1) is 30.0. The maximum Gasteiger partial charge on any atom is 0.260 e. The highest BCUT2D eigenvalue weighted by Gasteiger charge is 2.29. The van der Waals surface area contributed by atoms with Crippen molar-refractivity contribution >= 4 is 45.9 Å². The predicted octanol–water partition coefficient (Wildman–Crippen LogP) is 5.19. The second kappa shape index (κ2) is 12.5. The number of aromatic nitrogens is 4. The molecule has 11 heteroatoms. The third-order valence-corrected chi connectivity index (χ3v) is 9.27. The second-order valence-electron chi connectivity index (χ2n) is 11.9. The Kier molecular flexibility index (Phi) is 8.55. The topological polar surface area (TPSA) is 99.5 Å². The van der Waals surface area contributed by atoms with Gasteiger partial charge in [-0.1, -0.05) is 18.5 Å². The summed E-state index contributed by atoms with van der Waals surface area (Å²) >= 11 is 6.56. The number of fused-ring (bicyclic) bond motifs is 1. The van der Waals surface area contributed by atoms with Gasteiger partial charge < -0.3 is 20.0 Å². The number of carbonyl (C=O) groups is 1. The molecule has 3 aromatic heterocycles. The predicted molar refractivity (Wildman–Crippen MR) is 176 cm³/mol. The fraction of sp³-hybridized carbons (Fsp3) is 0.424. The first-order valence-corrected chi connectivity index (χ1v) is 15.7. The molecule has 1 atom stereocenters. The number of likely N-dealkylation sites (N-methyl/N-ethyl adjacent to an activating group) is 1. The number of pyridine rings is 2. The van der Waals surface area contributed by atoms with Gasteiger partial charge in [-0.2, -0.15) is 4.98 Å². The molecule has 44 heavy (non-hydrogen) atoms. The number of hydrogen-bond acceptors (Lipinski definition) is 8. The number of benzene rings is 1. The van der Waals surface area contributed by atoms with Crippen LogP contribution in [-0.2, 0) is 4.79 Å². The van der Waals surface area contributed by atoms with E-state index in [9.17, 15) is 9.59 Å². The summed E-state index contributed by atoms with van der Waals surface area (Å²) in [5.74, 6) is 0.493. The summed E-state index contributed by atoms with van der Waals surface area (Å²) in [5.41, 5.74) is 5.52. The van der Waals surface area contributed by atoms with Crippen molar-refractivity contribution in [3.63, 3.8) is 0 Å². The maximum absolute atomic E-state index is 14.4. The van der Waals surface area contributed by atoms with Gasteiger partial charge in [-0.15, -0.1) is 0 Å². The number of carbonyl (C=O) groups excluding carboxylic acids is 1. The van der Waals surface area contributed by atoms with Crippen molar-refractivity contribution in [3.8, 4) is 11.1 Å². The van der Waals surface area contributed by atoms with Crippen LogP contribution in [0.5, 0.6) is 0 Å². The van der Waals surface area contributed by atoms with E-state index in [0.29, 0.717) is 47.3 Å². The number of piperazine rings is 1. The normalized spacial score (nSPS) is 17.7. The minimum absolute atomic E-state index is 0.0870. The Labute approximate surface area is 262 Å². The Hall–Kier alpha value is -4.02. The molecule has 2 aliphatic rings. The zero-order valence-electron chi connectivity index (χ0n) is 25.8. The molecule has 10 nitrogen and oxygen atoms in total. The standard InChI is InChI=1S/C33H39ClN8O2/c1-5-29(43)41-12-6-7-24(20-41)42-31-26(22(3)30(32(42)44)25-10-11-35-19-27(25)34)18-36-33(38-31)37-23-8-9-28(21(2)17-23)40-15-13-39(4)14-16-40/h8-11,17-19,24H,5-7,12-16,20H2,1-4H3,(H,36,37,38). The SMILES string of the molecule is CCC(=O)N1CCCC(n2c(=O)c(-c3ccncc3Cl)c(C)c3cnc(Nc4ccc(N5CCN(C)CC5)c(C)c4)nc32)C1. The summed E-state index contributed by atoms with van der Waals surface area (Å²) in [6.45, 7) is 11.1. The summed E-state index contributed by atoms with van der Waals surface area (Å²) in [6, 6.07) is 7.85. The van der Waals surface area contributed by atoms with Crippen LogP contribution in [0, 0.1) is 13.8 Å². The molecule has 1 N–H and O–H groups in total. The van der Waals surface area contributed by atoms with Crippen LogP contribution in [0.25, 0.3) is 22.2 Å². The Morgan fingerprint density at radius 1 is 1.09 bits per heavy atom. The van der Waals surface area contributed by atoms with Crippen molar-refractivity contribution in [1.29, 1.82) is 0 Å². The molecule has 1 amide bonds. The fourth-order valence-electron chi connectivity index (χ4n) is 6.51. The van der Waals surface area contributed by atoms with Crippen molar-refractivity contribution in [1.82, 2.24) is 29.3 Å². The Balaban J connectivity index is 1.42. The van der Waals surface area contributed by atoms with Crippen molar-refractivity contribution < 1.29 is 4.79 Å². The number of likely N-dealkylation sites (tertiary alicyclic amines) is 1. The number of nitrogens with zero attached hydrogens (tertiary/aromatic N) is 7. The molecule has 6 rings (SSSR count). The maximum atomic E-state index is 14.4. The van der Waals surface area contributed by atoms with E-state index < -0.39 is 0 Å². The Morgan fingerprint density at radius 3 is 2.61 bits per heavy atom. The summed E-state index contributed by atoms with van der Waals surface area (Å²) < 4.78 is 1.76. The number of amides is 1. The molecule has 4 aromatic rings. The lowest BCUT2D eigenvalue weighted by Crippen LogP contribution is -2.44. The second-order valence-corrected chi connectivity index (χ2v) is 12.3. The zero-order chi connectivity index (χ0) is 31.0. The molecule has 5 heterocycles. The Morgan fingerprint density at radius 2 is 1.89 bits per heavy atom. The van der Waals surface area contributed by atoms with Crippen LogP contribution in [0.3, 0.4) is 0 Å². The van der Waals surface area contributed by atoms with E-state index in [1.54, 1.807) is 29.2 Å². The van der Waals surface area contributed by atoms with Crippen LogP contribution >= 0.6 is 11.6 Å². The number of aryl methyl sites for hydroxylation is 2. The van der Waals surface area contributed by atoms with Crippen LogP contribution in [0.4, 0.5) is 17.3 Å². The van der Waals surface area contributed by atoms with Gasteiger partial charge in [-0.3, -0.25) is 19.1 Å². The highest BCUT2D eigenvalue weighted by molar-refractivity contribution is 6.33. The molecule has 0 radical (unpaired) electrons. The summed E-state index contributed by atoms with van der Waals surface area (Å²) in [6.07, 6.45) is 6.95.